The number of H-pyrrole nitrogens is 1. The summed E-state index contributed by atoms with van der Waals surface area (Å²) in [5, 5.41) is 3.17. The molecule has 1 aromatic heterocycles. The summed E-state index contributed by atoms with van der Waals surface area (Å²) in [5.74, 6) is 0. The minimum Gasteiger partial charge on any atom is -0.294 e. The van der Waals surface area contributed by atoms with Crippen LogP contribution in [0.4, 0.5) is 0 Å². The lowest BCUT2D eigenvalue weighted by Gasteiger charge is -2.08. The number of rotatable bonds is 3. The average molecular weight is 295 g/mol. The minimum atomic E-state index is -0.00166. The average Bonchev–Trinajstić information content (AvgIpc) is 2.67. The van der Waals surface area contributed by atoms with E-state index in [1.807, 2.05) is 37.3 Å². The van der Waals surface area contributed by atoms with Crippen molar-refractivity contribution in [1.82, 2.24) is 9.78 Å². The second-order valence-corrected chi connectivity index (χ2v) is 4.89. The van der Waals surface area contributed by atoms with Gasteiger partial charge in [0.25, 0.3) is 5.56 Å². The van der Waals surface area contributed by atoms with E-state index in [1.54, 1.807) is 4.68 Å². The van der Waals surface area contributed by atoms with E-state index in [-0.39, 0.29) is 11.6 Å². The molecule has 2 aromatic rings. The summed E-state index contributed by atoms with van der Waals surface area (Å²) < 4.78 is 2.27. The smallest absolute Gasteiger partial charge is 0.281 e. The largest absolute Gasteiger partial charge is 0.294 e. The van der Waals surface area contributed by atoms with Crippen LogP contribution < -0.4 is 5.56 Å². The van der Waals surface area contributed by atoms with Crippen LogP contribution in [0.15, 0.2) is 39.6 Å². The van der Waals surface area contributed by atoms with Crippen LogP contribution >= 0.6 is 15.9 Å². The Labute approximate surface area is 109 Å². The fraction of sp³-hybridized carbons (Fsp3) is 0.308. The molecule has 90 valence electrons. The quantitative estimate of drug-likeness (QED) is 0.923. The van der Waals surface area contributed by atoms with E-state index in [0.29, 0.717) is 4.47 Å². The molecule has 0 saturated heterocycles. The van der Waals surface area contributed by atoms with Crippen molar-refractivity contribution in [2.75, 3.05) is 0 Å². The maximum absolute atomic E-state index is 12.0. The van der Waals surface area contributed by atoms with Crippen molar-refractivity contribution >= 4 is 15.9 Å². The molecule has 4 heteroatoms. The highest BCUT2D eigenvalue weighted by atomic mass is 79.9. The molecule has 0 aliphatic heterocycles. The lowest BCUT2D eigenvalue weighted by Crippen LogP contribution is -2.20. The molecule has 1 atom stereocenters. The van der Waals surface area contributed by atoms with Crippen LogP contribution in [0.1, 0.15) is 26.3 Å². The first-order valence-corrected chi connectivity index (χ1v) is 6.49. The first-order chi connectivity index (χ1) is 8.15. The van der Waals surface area contributed by atoms with Gasteiger partial charge in [-0.1, -0.05) is 37.3 Å². The zero-order chi connectivity index (χ0) is 12.4. The Hall–Kier alpha value is -1.29. The van der Waals surface area contributed by atoms with E-state index in [1.165, 1.54) is 0 Å². The fourth-order valence-corrected chi connectivity index (χ4v) is 2.23. The molecule has 0 saturated carbocycles. The number of benzene rings is 1. The predicted octanol–water partition coefficient (Wildman–Crippen LogP) is 3.58. The number of halogens is 1. The Balaban J connectivity index is 2.55. The van der Waals surface area contributed by atoms with Crippen molar-refractivity contribution in [3.8, 4) is 11.3 Å². The van der Waals surface area contributed by atoms with E-state index in [2.05, 4.69) is 28.0 Å². The molecule has 0 radical (unpaired) electrons. The Bertz CT molecular complexity index is 557. The molecule has 1 N–H and O–H groups in total. The number of nitrogens with zero attached hydrogens (tertiary/aromatic N) is 1. The van der Waals surface area contributed by atoms with E-state index in [9.17, 15) is 4.79 Å². The molecule has 3 nitrogen and oxygen atoms in total. The summed E-state index contributed by atoms with van der Waals surface area (Å²) in [6.07, 6.45) is 0.918. The SMILES string of the molecule is CCC(C)n1[nH]c(-c2ccccc2)c(Br)c1=O. The predicted molar refractivity (Wildman–Crippen MR) is 73.2 cm³/mol. The number of hydrogen-bond acceptors (Lipinski definition) is 1. The van der Waals surface area contributed by atoms with Gasteiger partial charge < -0.3 is 0 Å². The molecule has 0 aliphatic rings. The first-order valence-electron chi connectivity index (χ1n) is 5.70. The normalized spacial score (nSPS) is 12.6. The van der Waals surface area contributed by atoms with Gasteiger partial charge in [-0.15, -0.1) is 0 Å². The van der Waals surface area contributed by atoms with Crippen molar-refractivity contribution in [2.24, 2.45) is 0 Å². The standard InChI is InChI=1S/C13H15BrN2O/c1-3-9(2)16-13(17)11(14)12(15-16)10-7-5-4-6-8-10/h4-9,15H,3H2,1-2H3. The maximum Gasteiger partial charge on any atom is 0.281 e. The van der Waals surface area contributed by atoms with Crippen molar-refractivity contribution in [1.29, 1.82) is 0 Å². The van der Waals surface area contributed by atoms with Gasteiger partial charge in [0.2, 0.25) is 0 Å². The monoisotopic (exact) mass is 294 g/mol. The Morgan fingerprint density at radius 1 is 1.35 bits per heavy atom. The molecule has 1 heterocycles. The summed E-state index contributed by atoms with van der Waals surface area (Å²) >= 11 is 3.37. The van der Waals surface area contributed by atoms with Crippen molar-refractivity contribution in [3.63, 3.8) is 0 Å². The first kappa shape index (κ1) is 12.2. The van der Waals surface area contributed by atoms with E-state index in [0.717, 1.165) is 17.7 Å². The van der Waals surface area contributed by atoms with E-state index < -0.39 is 0 Å². The third kappa shape index (κ3) is 2.22. The van der Waals surface area contributed by atoms with Gasteiger partial charge in [0.05, 0.1) is 11.7 Å². The second-order valence-electron chi connectivity index (χ2n) is 4.10. The lowest BCUT2D eigenvalue weighted by atomic mass is 10.2. The van der Waals surface area contributed by atoms with Crippen LogP contribution in [0.25, 0.3) is 11.3 Å². The molecule has 0 spiro atoms. The summed E-state index contributed by atoms with van der Waals surface area (Å²) in [6.45, 7) is 4.09. The van der Waals surface area contributed by atoms with Crippen LogP contribution in [0, 0.1) is 0 Å². The zero-order valence-electron chi connectivity index (χ0n) is 9.90. The Morgan fingerprint density at radius 2 is 2.00 bits per heavy atom. The van der Waals surface area contributed by atoms with Gasteiger partial charge in [0.15, 0.2) is 0 Å². The molecule has 2 rings (SSSR count). The van der Waals surface area contributed by atoms with Crippen LogP contribution in [0.3, 0.4) is 0 Å². The third-order valence-corrected chi connectivity index (χ3v) is 3.69. The molecule has 0 fully saturated rings. The summed E-state index contributed by atoms with van der Waals surface area (Å²) in [6, 6.07) is 10.0. The molecule has 0 aliphatic carbocycles. The van der Waals surface area contributed by atoms with Gasteiger partial charge in [-0.25, -0.2) is 4.68 Å². The molecule has 0 amide bonds. The van der Waals surface area contributed by atoms with Gasteiger partial charge in [0.1, 0.15) is 4.47 Å². The van der Waals surface area contributed by atoms with Gasteiger partial charge in [-0.05, 0) is 29.3 Å². The van der Waals surface area contributed by atoms with Crippen molar-refractivity contribution in [3.05, 3.63) is 45.2 Å². The summed E-state index contributed by atoms with van der Waals surface area (Å²) in [5.41, 5.74) is 1.85. The highest BCUT2D eigenvalue weighted by Crippen LogP contribution is 2.24. The van der Waals surface area contributed by atoms with Crippen LogP contribution in [-0.2, 0) is 0 Å². The highest BCUT2D eigenvalue weighted by Gasteiger charge is 2.15. The Kier molecular flexibility index (Phi) is 3.52. The number of hydrogen-bond donors (Lipinski definition) is 1. The fourth-order valence-electron chi connectivity index (χ4n) is 1.72. The second kappa shape index (κ2) is 4.92. The zero-order valence-corrected chi connectivity index (χ0v) is 11.5. The van der Waals surface area contributed by atoms with Gasteiger partial charge >= 0.3 is 0 Å². The van der Waals surface area contributed by atoms with Gasteiger partial charge in [-0.2, -0.15) is 0 Å². The Morgan fingerprint density at radius 3 is 2.59 bits per heavy atom. The van der Waals surface area contributed by atoms with Crippen LogP contribution in [-0.4, -0.2) is 9.78 Å². The summed E-state index contributed by atoms with van der Waals surface area (Å²) in [7, 11) is 0. The van der Waals surface area contributed by atoms with Crippen LogP contribution in [0.5, 0.6) is 0 Å². The molecule has 17 heavy (non-hydrogen) atoms. The van der Waals surface area contributed by atoms with Crippen molar-refractivity contribution < 1.29 is 0 Å². The summed E-state index contributed by atoms with van der Waals surface area (Å²) in [4.78, 5) is 12.0. The molecule has 1 unspecified atom stereocenters. The number of aromatic amines is 1. The lowest BCUT2D eigenvalue weighted by molar-refractivity contribution is 0.466. The molecule has 0 bridgehead atoms. The molecule has 1 aromatic carbocycles. The minimum absolute atomic E-state index is 0.00166. The van der Waals surface area contributed by atoms with Gasteiger partial charge in [0, 0.05) is 5.56 Å². The third-order valence-electron chi connectivity index (χ3n) is 2.95. The molecular weight excluding hydrogens is 280 g/mol. The van der Waals surface area contributed by atoms with E-state index >= 15 is 0 Å². The molecular formula is C13H15BrN2O. The van der Waals surface area contributed by atoms with Crippen molar-refractivity contribution in [2.45, 2.75) is 26.3 Å². The number of aromatic nitrogens is 2. The number of nitrogens with one attached hydrogen (secondary N) is 1. The van der Waals surface area contributed by atoms with Crippen LogP contribution in [0.2, 0.25) is 0 Å². The van der Waals surface area contributed by atoms with Gasteiger partial charge in [-0.3, -0.25) is 9.89 Å². The maximum atomic E-state index is 12.0. The highest BCUT2D eigenvalue weighted by molar-refractivity contribution is 9.10. The van der Waals surface area contributed by atoms with E-state index in [4.69, 9.17) is 0 Å². The topological polar surface area (TPSA) is 37.8 Å².